The number of alkyl halides is 1. The molecule has 7 nitrogen and oxygen atoms in total. The van der Waals surface area contributed by atoms with Crippen LogP contribution in [0, 0.1) is 17.3 Å². The van der Waals surface area contributed by atoms with Crippen molar-refractivity contribution in [3.63, 3.8) is 0 Å². The largest absolute Gasteiger partial charge is 0.394 e. The number of halogens is 1. The van der Waals surface area contributed by atoms with Gasteiger partial charge in [0, 0.05) is 35.8 Å². The van der Waals surface area contributed by atoms with Gasteiger partial charge in [-0.3, -0.25) is 14.4 Å². The number of amides is 3. The lowest BCUT2D eigenvalue weighted by Gasteiger charge is -2.46. The molecule has 0 aromatic rings. The number of rotatable bonds is 10. The van der Waals surface area contributed by atoms with Crippen molar-refractivity contribution in [2.24, 2.45) is 17.3 Å². The minimum absolute atomic E-state index is 0.00255. The third kappa shape index (κ3) is 5.17. The number of aliphatic hydroxyl groups is 1. The molecular weight excluding hydrogens is 554 g/mol. The Morgan fingerprint density at radius 2 is 1.81 bits per heavy atom. The molecule has 0 radical (unpaired) electrons. The van der Waals surface area contributed by atoms with Crippen molar-refractivity contribution < 1.29 is 19.5 Å². The fourth-order valence-corrected chi connectivity index (χ4v) is 10.6. The second kappa shape index (κ2) is 10.7. The van der Waals surface area contributed by atoms with Gasteiger partial charge in [0.15, 0.2) is 0 Å². The van der Waals surface area contributed by atoms with Crippen LogP contribution < -0.4 is 0 Å². The number of carbonyl (C=O) groups excluding carboxylic acids is 3. The number of thioether (sulfide) groups is 1. The molecule has 7 atom stereocenters. The number of likely N-dealkylation sites (N-methyl/N-ethyl adjacent to an activating group) is 1. The zero-order valence-corrected chi connectivity index (χ0v) is 25.8. The van der Waals surface area contributed by atoms with Gasteiger partial charge in [-0.2, -0.15) is 0 Å². The van der Waals surface area contributed by atoms with Crippen LogP contribution in [-0.4, -0.2) is 96.7 Å². The van der Waals surface area contributed by atoms with Crippen molar-refractivity contribution in [2.45, 2.75) is 86.8 Å². The molecule has 208 valence electrons. The summed E-state index contributed by atoms with van der Waals surface area (Å²) in [6.45, 7) is 20.5. The summed E-state index contributed by atoms with van der Waals surface area (Å²) in [6.07, 6.45) is 4.78. The van der Waals surface area contributed by atoms with Gasteiger partial charge in [0.05, 0.1) is 29.2 Å². The van der Waals surface area contributed by atoms with Crippen molar-refractivity contribution in [2.75, 3.05) is 26.7 Å². The van der Waals surface area contributed by atoms with Crippen molar-refractivity contribution in [3.8, 4) is 0 Å². The highest BCUT2D eigenvalue weighted by Crippen LogP contribution is 2.68. The first-order chi connectivity index (χ1) is 17.1. The van der Waals surface area contributed by atoms with Crippen LogP contribution in [0.3, 0.4) is 0 Å². The SMILES string of the molecule is C=CCN(C)C(=O)[C@H]1[C@@H]2SC3(CC2Br)C(C(=O)N(CC=C)C(C)(C)CC(C)(C)C)N([C@H](C)CO)C(=O)[C@H]13. The Morgan fingerprint density at radius 3 is 2.32 bits per heavy atom. The summed E-state index contributed by atoms with van der Waals surface area (Å²) in [5.41, 5.74) is -0.522. The molecule has 0 aromatic heterocycles. The molecule has 1 spiro atoms. The fraction of sp³-hybridized carbons (Fsp3) is 0.750. The van der Waals surface area contributed by atoms with Crippen molar-refractivity contribution in [1.82, 2.24) is 14.7 Å². The number of nitrogens with zero attached hydrogens (tertiary/aromatic N) is 3. The molecule has 3 fully saturated rings. The number of aliphatic hydroxyl groups excluding tert-OH is 1. The lowest BCUT2D eigenvalue weighted by molar-refractivity contribution is -0.149. The first-order valence-electron chi connectivity index (χ1n) is 13.1. The molecule has 2 bridgehead atoms. The summed E-state index contributed by atoms with van der Waals surface area (Å²) in [6, 6.07) is -1.32. The number of carbonyl (C=O) groups is 3. The quantitative estimate of drug-likeness (QED) is 0.307. The molecule has 3 amide bonds. The summed E-state index contributed by atoms with van der Waals surface area (Å²) < 4.78 is -0.747. The molecule has 3 unspecified atom stereocenters. The molecule has 1 N–H and O–H groups in total. The Balaban J connectivity index is 2.13. The van der Waals surface area contributed by atoms with Crippen LogP contribution in [0.2, 0.25) is 0 Å². The number of likely N-dealkylation sites (tertiary alicyclic amines) is 1. The predicted molar refractivity (Wildman–Crippen MR) is 153 cm³/mol. The van der Waals surface area contributed by atoms with Crippen LogP contribution in [0.25, 0.3) is 0 Å². The van der Waals surface area contributed by atoms with E-state index >= 15 is 0 Å². The van der Waals surface area contributed by atoms with Crippen molar-refractivity contribution in [3.05, 3.63) is 25.3 Å². The maximum absolute atomic E-state index is 14.7. The smallest absolute Gasteiger partial charge is 0.247 e. The Kier molecular flexibility index (Phi) is 8.73. The normalized spacial score (nSPS) is 31.8. The third-order valence-electron chi connectivity index (χ3n) is 8.04. The van der Waals surface area contributed by atoms with Crippen LogP contribution in [0.1, 0.15) is 54.4 Å². The van der Waals surface area contributed by atoms with Gasteiger partial charge in [-0.1, -0.05) is 48.9 Å². The van der Waals surface area contributed by atoms with Gasteiger partial charge in [-0.05, 0) is 39.0 Å². The third-order valence-corrected chi connectivity index (χ3v) is 11.3. The highest BCUT2D eigenvalue weighted by molar-refractivity contribution is 9.09. The molecule has 0 aliphatic carbocycles. The number of hydrogen-bond donors (Lipinski definition) is 1. The molecule has 3 heterocycles. The molecule has 0 aromatic carbocycles. The van der Waals surface area contributed by atoms with E-state index in [-0.39, 0.29) is 39.8 Å². The number of hydrogen-bond acceptors (Lipinski definition) is 5. The van der Waals surface area contributed by atoms with E-state index in [9.17, 15) is 19.5 Å². The molecule has 37 heavy (non-hydrogen) atoms. The molecule has 3 saturated heterocycles. The minimum Gasteiger partial charge on any atom is -0.394 e. The first-order valence-corrected chi connectivity index (χ1v) is 14.9. The fourth-order valence-electron chi connectivity index (χ4n) is 7.03. The summed E-state index contributed by atoms with van der Waals surface area (Å²) in [5, 5.41) is 10.0. The summed E-state index contributed by atoms with van der Waals surface area (Å²) in [4.78, 5) is 47.5. The van der Waals surface area contributed by atoms with Crippen molar-refractivity contribution in [1.29, 1.82) is 0 Å². The van der Waals surface area contributed by atoms with E-state index in [0.717, 1.165) is 6.42 Å². The highest BCUT2D eigenvalue weighted by Gasteiger charge is 2.76. The van der Waals surface area contributed by atoms with E-state index in [1.54, 1.807) is 47.7 Å². The molecule has 3 aliphatic rings. The lowest BCUT2D eigenvalue weighted by atomic mass is 9.70. The second-order valence-corrected chi connectivity index (χ2v) is 15.5. The van der Waals surface area contributed by atoms with E-state index < -0.39 is 34.2 Å². The van der Waals surface area contributed by atoms with Crippen LogP contribution in [0.5, 0.6) is 0 Å². The van der Waals surface area contributed by atoms with E-state index in [0.29, 0.717) is 19.5 Å². The van der Waals surface area contributed by atoms with E-state index in [4.69, 9.17) is 0 Å². The summed E-state index contributed by atoms with van der Waals surface area (Å²) in [5.74, 6) is -1.59. The second-order valence-electron chi connectivity index (χ2n) is 12.7. The Labute approximate surface area is 235 Å². The van der Waals surface area contributed by atoms with Gasteiger partial charge in [0.1, 0.15) is 6.04 Å². The van der Waals surface area contributed by atoms with Crippen LogP contribution >= 0.6 is 27.7 Å². The predicted octanol–water partition coefficient (Wildman–Crippen LogP) is 3.71. The van der Waals surface area contributed by atoms with Crippen LogP contribution in [0.15, 0.2) is 25.3 Å². The van der Waals surface area contributed by atoms with Gasteiger partial charge in [0.25, 0.3) is 0 Å². The Hall–Kier alpha value is -1.32. The number of fused-ring (bicyclic) bond motifs is 1. The zero-order chi connectivity index (χ0) is 28.1. The average Bonchev–Trinajstić information content (AvgIpc) is 3.37. The van der Waals surface area contributed by atoms with Crippen LogP contribution in [0.4, 0.5) is 0 Å². The van der Waals surface area contributed by atoms with Gasteiger partial charge >= 0.3 is 0 Å². The summed E-state index contributed by atoms with van der Waals surface area (Å²) in [7, 11) is 1.73. The maximum Gasteiger partial charge on any atom is 0.247 e. The van der Waals surface area contributed by atoms with Gasteiger partial charge in [-0.15, -0.1) is 24.9 Å². The van der Waals surface area contributed by atoms with Crippen molar-refractivity contribution >= 4 is 45.4 Å². The first kappa shape index (κ1) is 30.2. The lowest BCUT2D eigenvalue weighted by Crippen LogP contribution is -2.61. The Bertz CT molecular complexity index is 950. The topological polar surface area (TPSA) is 81.2 Å². The standard InChI is InChI=1S/C28H44BrN3O4S/c1-10-12-30(9)23(34)19-20-24(35)32(17(3)15-33)22(28(20)14-18(29)21(19)37-28)25(36)31(13-11-2)27(7,8)16-26(4,5)6/h10-11,17-22,33H,1-2,12-16H2,3-9H3/t17-,18?,19-,20+,21-,22?,28?/m1/s1. The molecule has 3 rings (SSSR count). The minimum atomic E-state index is -0.774. The van der Waals surface area contributed by atoms with Gasteiger partial charge in [0.2, 0.25) is 17.7 Å². The molecular formula is C28H44BrN3O4S. The molecule has 0 saturated carbocycles. The van der Waals surface area contributed by atoms with Gasteiger partial charge < -0.3 is 19.8 Å². The maximum atomic E-state index is 14.7. The van der Waals surface area contributed by atoms with Gasteiger partial charge in [-0.25, -0.2) is 0 Å². The average molecular weight is 599 g/mol. The highest BCUT2D eigenvalue weighted by atomic mass is 79.9. The van der Waals surface area contributed by atoms with Crippen LogP contribution in [-0.2, 0) is 14.4 Å². The van der Waals surface area contributed by atoms with E-state index in [1.165, 1.54) is 0 Å². The molecule has 3 aliphatic heterocycles. The molecule has 9 heteroatoms. The zero-order valence-electron chi connectivity index (χ0n) is 23.4. The summed E-state index contributed by atoms with van der Waals surface area (Å²) >= 11 is 5.43. The monoisotopic (exact) mass is 597 g/mol. The Morgan fingerprint density at radius 1 is 1.22 bits per heavy atom. The van der Waals surface area contributed by atoms with E-state index in [2.05, 4.69) is 63.7 Å². The van der Waals surface area contributed by atoms with E-state index in [1.807, 2.05) is 4.90 Å².